The topological polar surface area (TPSA) is 64.4 Å². The van der Waals surface area contributed by atoms with Gasteiger partial charge in [-0.15, -0.1) is 0 Å². The Morgan fingerprint density at radius 2 is 2.26 bits per heavy atom. The molecule has 19 heavy (non-hydrogen) atoms. The lowest BCUT2D eigenvalue weighted by molar-refractivity contribution is 0.105. The quantitative estimate of drug-likeness (QED) is 0.798. The summed E-state index contributed by atoms with van der Waals surface area (Å²) >= 11 is 0. The minimum atomic E-state index is -3.46. The van der Waals surface area contributed by atoms with Crippen LogP contribution >= 0.6 is 0 Å². The van der Waals surface area contributed by atoms with Gasteiger partial charge in [-0.05, 0) is 19.3 Å². The van der Waals surface area contributed by atoms with Crippen LogP contribution in [-0.2, 0) is 21.8 Å². The molecular weight excluding hydrogens is 266 g/mol. The molecule has 0 aromatic carbocycles. The van der Waals surface area contributed by atoms with Gasteiger partial charge in [0.25, 0.3) is 10.0 Å². The fourth-order valence-electron chi connectivity index (χ4n) is 2.99. The number of aryl methyl sites for hydroxylation is 1. The van der Waals surface area contributed by atoms with Crippen molar-refractivity contribution < 1.29 is 13.2 Å². The van der Waals surface area contributed by atoms with E-state index in [1.165, 1.54) is 6.33 Å². The summed E-state index contributed by atoms with van der Waals surface area (Å²) in [7, 11) is -1.69. The molecule has 106 valence electrons. The van der Waals surface area contributed by atoms with E-state index >= 15 is 0 Å². The zero-order chi connectivity index (χ0) is 13.5. The molecule has 2 aliphatic rings. The molecule has 0 aliphatic carbocycles. The second-order valence-electron chi connectivity index (χ2n) is 5.62. The smallest absolute Gasteiger partial charge is 0.262 e. The summed E-state index contributed by atoms with van der Waals surface area (Å²) in [6.45, 7) is 2.57. The van der Waals surface area contributed by atoms with Gasteiger partial charge in [0.15, 0.2) is 5.03 Å². The first-order valence-electron chi connectivity index (χ1n) is 6.58. The molecule has 2 fully saturated rings. The van der Waals surface area contributed by atoms with Crippen molar-refractivity contribution in [1.82, 2.24) is 13.9 Å². The highest BCUT2D eigenvalue weighted by atomic mass is 32.2. The summed E-state index contributed by atoms with van der Waals surface area (Å²) in [5, 5.41) is 0.144. The van der Waals surface area contributed by atoms with Crippen molar-refractivity contribution in [1.29, 1.82) is 0 Å². The Kier molecular flexibility index (Phi) is 3.15. The molecule has 2 saturated heterocycles. The maximum absolute atomic E-state index is 12.5. The van der Waals surface area contributed by atoms with Crippen LogP contribution in [0.3, 0.4) is 0 Å². The van der Waals surface area contributed by atoms with Crippen LogP contribution in [0.1, 0.15) is 19.3 Å². The molecule has 0 radical (unpaired) electrons. The third kappa shape index (κ3) is 2.30. The van der Waals surface area contributed by atoms with Crippen molar-refractivity contribution in [3.8, 4) is 0 Å². The summed E-state index contributed by atoms with van der Waals surface area (Å²) in [6, 6.07) is 0. The van der Waals surface area contributed by atoms with Crippen molar-refractivity contribution in [3.63, 3.8) is 0 Å². The molecule has 0 N–H and O–H groups in total. The minimum absolute atomic E-state index is 0.0279. The molecule has 0 saturated carbocycles. The van der Waals surface area contributed by atoms with Crippen LogP contribution in [0, 0.1) is 5.41 Å². The zero-order valence-corrected chi connectivity index (χ0v) is 11.9. The van der Waals surface area contributed by atoms with Crippen LogP contribution in [0.25, 0.3) is 0 Å². The molecule has 1 aromatic heterocycles. The molecule has 1 spiro atoms. The normalized spacial score (nSPS) is 29.1. The van der Waals surface area contributed by atoms with E-state index in [2.05, 4.69) is 4.98 Å². The first-order chi connectivity index (χ1) is 9.02. The van der Waals surface area contributed by atoms with Gasteiger partial charge in [-0.3, -0.25) is 0 Å². The Labute approximate surface area is 113 Å². The van der Waals surface area contributed by atoms with Gasteiger partial charge in [0.05, 0.1) is 12.9 Å². The third-order valence-electron chi connectivity index (χ3n) is 4.10. The zero-order valence-electron chi connectivity index (χ0n) is 11.1. The molecule has 0 amide bonds. The maximum atomic E-state index is 12.5. The maximum Gasteiger partial charge on any atom is 0.262 e. The predicted octanol–water partition coefficient (Wildman–Crippen LogP) is 0.611. The molecular formula is C12H19N3O3S. The monoisotopic (exact) mass is 285 g/mol. The summed E-state index contributed by atoms with van der Waals surface area (Å²) in [4.78, 5) is 3.98. The number of nitrogens with zero attached hydrogens (tertiary/aromatic N) is 3. The largest absolute Gasteiger partial charge is 0.381 e. The van der Waals surface area contributed by atoms with Gasteiger partial charge in [-0.25, -0.2) is 13.4 Å². The van der Waals surface area contributed by atoms with Crippen LogP contribution < -0.4 is 0 Å². The lowest BCUT2D eigenvalue weighted by Crippen LogP contribution is -2.46. The third-order valence-corrected chi connectivity index (χ3v) is 5.83. The van der Waals surface area contributed by atoms with Gasteiger partial charge in [-0.2, -0.15) is 4.31 Å². The van der Waals surface area contributed by atoms with Gasteiger partial charge in [-0.1, -0.05) is 0 Å². The molecule has 7 heteroatoms. The Morgan fingerprint density at radius 3 is 2.89 bits per heavy atom. The minimum Gasteiger partial charge on any atom is -0.381 e. The summed E-state index contributed by atoms with van der Waals surface area (Å²) in [5.74, 6) is 0. The lowest BCUT2D eigenvalue weighted by atomic mass is 9.80. The van der Waals surface area contributed by atoms with Crippen LogP contribution in [0.15, 0.2) is 17.6 Å². The lowest BCUT2D eigenvalue weighted by Gasteiger charge is -2.38. The second kappa shape index (κ2) is 4.57. The fraction of sp³-hybridized carbons (Fsp3) is 0.750. The molecule has 0 bridgehead atoms. The first-order valence-corrected chi connectivity index (χ1v) is 8.02. The predicted molar refractivity (Wildman–Crippen MR) is 69.1 cm³/mol. The van der Waals surface area contributed by atoms with Crippen molar-refractivity contribution in [2.45, 2.75) is 24.3 Å². The number of imidazole rings is 1. The van der Waals surface area contributed by atoms with Gasteiger partial charge in [0, 0.05) is 38.4 Å². The molecule has 3 heterocycles. The highest BCUT2D eigenvalue weighted by Gasteiger charge is 2.43. The van der Waals surface area contributed by atoms with Crippen LogP contribution in [0.5, 0.6) is 0 Å². The molecule has 1 atom stereocenters. The van der Waals surface area contributed by atoms with Crippen LogP contribution in [0.2, 0.25) is 0 Å². The van der Waals surface area contributed by atoms with E-state index in [9.17, 15) is 8.42 Å². The van der Waals surface area contributed by atoms with E-state index in [0.717, 1.165) is 25.9 Å². The second-order valence-corrected chi connectivity index (χ2v) is 7.51. The van der Waals surface area contributed by atoms with Crippen molar-refractivity contribution >= 4 is 10.0 Å². The molecule has 1 aromatic rings. The molecule has 6 nitrogen and oxygen atoms in total. The van der Waals surface area contributed by atoms with Gasteiger partial charge in [0.2, 0.25) is 0 Å². The van der Waals surface area contributed by atoms with Crippen LogP contribution in [0.4, 0.5) is 0 Å². The fourth-order valence-corrected chi connectivity index (χ4v) is 4.55. The number of aromatic nitrogens is 2. The van der Waals surface area contributed by atoms with E-state index in [0.29, 0.717) is 19.7 Å². The van der Waals surface area contributed by atoms with Gasteiger partial charge in [0.1, 0.15) is 0 Å². The summed E-state index contributed by atoms with van der Waals surface area (Å²) in [6.07, 6.45) is 5.99. The van der Waals surface area contributed by atoms with Crippen molar-refractivity contribution in [3.05, 3.63) is 12.5 Å². The van der Waals surface area contributed by atoms with Crippen LogP contribution in [-0.4, -0.2) is 48.6 Å². The number of sulfonamides is 1. The average molecular weight is 285 g/mol. The molecule has 2 aliphatic heterocycles. The van der Waals surface area contributed by atoms with Gasteiger partial charge >= 0.3 is 0 Å². The van der Waals surface area contributed by atoms with E-state index < -0.39 is 10.0 Å². The standard InChI is InChI=1S/C12H19N3O3S/c1-14-7-11(13-10-14)19(16,17)15-5-2-3-12(8-15)4-6-18-9-12/h7,10H,2-6,8-9H2,1H3/t12-/m1/s1. The molecule has 0 unspecified atom stereocenters. The number of ether oxygens (including phenoxy) is 1. The highest BCUT2D eigenvalue weighted by molar-refractivity contribution is 7.89. The summed E-state index contributed by atoms with van der Waals surface area (Å²) < 4.78 is 33.8. The van der Waals surface area contributed by atoms with Gasteiger partial charge < -0.3 is 9.30 Å². The van der Waals surface area contributed by atoms with E-state index in [4.69, 9.17) is 4.74 Å². The van der Waals surface area contributed by atoms with Crippen molar-refractivity contribution in [2.75, 3.05) is 26.3 Å². The number of piperidine rings is 1. The van der Waals surface area contributed by atoms with E-state index in [1.807, 2.05) is 0 Å². The SMILES string of the molecule is Cn1cnc(S(=O)(=O)N2CCC[C@@]3(CCOC3)C2)c1. The molecule has 3 rings (SSSR count). The Bertz CT molecular complexity index is 561. The summed E-state index contributed by atoms with van der Waals surface area (Å²) in [5.41, 5.74) is 0.0279. The average Bonchev–Trinajstić information content (AvgIpc) is 3.00. The number of hydrogen-bond donors (Lipinski definition) is 0. The number of rotatable bonds is 2. The number of hydrogen-bond acceptors (Lipinski definition) is 4. The van der Waals surface area contributed by atoms with Crippen molar-refractivity contribution in [2.24, 2.45) is 12.5 Å². The highest BCUT2D eigenvalue weighted by Crippen LogP contribution is 2.39. The van der Waals surface area contributed by atoms with E-state index in [-0.39, 0.29) is 10.4 Å². The Morgan fingerprint density at radius 1 is 1.42 bits per heavy atom. The Balaban J connectivity index is 1.85. The first kappa shape index (κ1) is 13.1. The Hall–Kier alpha value is -0.920. The van der Waals surface area contributed by atoms with E-state index in [1.54, 1.807) is 22.1 Å².